The highest BCUT2D eigenvalue weighted by Gasteiger charge is 2.25. The lowest BCUT2D eigenvalue weighted by atomic mass is 9.87. The maximum Gasteiger partial charge on any atom is 0.227 e. The van der Waals surface area contributed by atoms with E-state index in [9.17, 15) is 4.79 Å². The fourth-order valence-electron chi connectivity index (χ4n) is 2.75. The Kier molecular flexibility index (Phi) is 4.85. The Hall–Kier alpha value is -1.72. The van der Waals surface area contributed by atoms with Gasteiger partial charge in [-0.15, -0.1) is 11.3 Å². The highest BCUT2D eigenvalue weighted by atomic mass is 32.1. The van der Waals surface area contributed by atoms with Crippen LogP contribution in [0.3, 0.4) is 0 Å². The monoisotopic (exact) mass is 316 g/mol. The molecular weight excluding hydrogens is 296 g/mol. The van der Waals surface area contributed by atoms with Crippen molar-refractivity contribution in [3.8, 4) is 10.6 Å². The van der Waals surface area contributed by atoms with E-state index in [0.717, 1.165) is 42.3 Å². The van der Waals surface area contributed by atoms with Gasteiger partial charge in [-0.2, -0.15) is 0 Å². The number of aromatic nitrogens is 1. The molecule has 116 valence electrons. The van der Waals surface area contributed by atoms with Crippen molar-refractivity contribution in [1.82, 2.24) is 4.98 Å². The molecular formula is C17H20N2O2S. The molecule has 1 amide bonds. The van der Waals surface area contributed by atoms with Gasteiger partial charge in [0.25, 0.3) is 0 Å². The lowest BCUT2D eigenvalue weighted by Crippen LogP contribution is -2.30. The number of amides is 1. The maximum atomic E-state index is 12.4. The number of hydrogen-bond acceptors (Lipinski definition) is 4. The fraction of sp³-hybridized carbons (Fsp3) is 0.412. The number of rotatable bonds is 4. The van der Waals surface area contributed by atoms with Crippen molar-refractivity contribution < 1.29 is 9.53 Å². The minimum Gasteiger partial charge on any atom is -0.381 e. The third-order valence-corrected chi connectivity index (χ3v) is 5.04. The van der Waals surface area contributed by atoms with Gasteiger partial charge in [0, 0.05) is 42.0 Å². The van der Waals surface area contributed by atoms with Crippen molar-refractivity contribution in [2.24, 2.45) is 11.8 Å². The van der Waals surface area contributed by atoms with Gasteiger partial charge in [-0.05, 0) is 43.0 Å². The van der Waals surface area contributed by atoms with Crippen LogP contribution >= 0.6 is 11.3 Å². The minimum absolute atomic E-state index is 0.0162. The van der Waals surface area contributed by atoms with Crippen molar-refractivity contribution in [3.05, 3.63) is 35.8 Å². The Morgan fingerprint density at radius 3 is 2.68 bits per heavy atom. The second-order valence-corrected chi connectivity index (χ2v) is 6.54. The molecule has 1 saturated heterocycles. The van der Waals surface area contributed by atoms with Crippen LogP contribution in [0.15, 0.2) is 35.8 Å². The lowest BCUT2D eigenvalue weighted by Gasteiger charge is -2.26. The quantitative estimate of drug-likeness (QED) is 0.933. The van der Waals surface area contributed by atoms with Gasteiger partial charge in [-0.25, -0.2) is 4.98 Å². The number of benzene rings is 1. The van der Waals surface area contributed by atoms with E-state index in [1.54, 1.807) is 17.5 Å². The first-order chi connectivity index (χ1) is 10.7. The smallest absolute Gasteiger partial charge is 0.227 e. The topological polar surface area (TPSA) is 51.2 Å². The van der Waals surface area contributed by atoms with E-state index in [1.807, 2.05) is 36.6 Å². The molecule has 1 aromatic heterocycles. The Bertz CT molecular complexity index is 604. The van der Waals surface area contributed by atoms with Crippen molar-refractivity contribution in [2.45, 2.75) is 19.8 Å². The predicted octanol–water partition coefficient (Wildman–Crippen LogP) is 3.81. The summed E-state index contributed by atoms with van der Waals surface area (Å²) in [6.45, 7) is 3.55. The molecule has 0 spiro atoms. The Morgan fingerprint density at radius 1 is 1.32 bits per heavy atom. The molecule has 0 saturated carbocycles. The van der Waals surface area contributed by atoms with Crippen LogP contribution in [0.2, 0.25) is 0 Å². The number of hydrogen-bond donors (Lipinski definition) is 1. The van der Waals surface area contributed by atoms with Gasteiger partial charge in [0.1, 0.15) is 5.01 Å². The average molecular weight is 316 g/mol. The van der Waals surface area contributed by atoms with E-state index in [4.69, 9.17) is 4.74 Å². The highest BCUT2D eigenvalue weighted by molar-refractivity contribution is 7.13. The normalized spacial score (nSPS) is 17.1. The third-order valence-electron chi connectivity index (χ3n) is 4.22. The Labute approximate surface area is 134 Å². The van der Waals surface area contributed by atoms with Gasteiger partial charge in [-0.3, -0.25) is 4.79 Å². The molecule has 1 aromatic carbocycles. The summed E-state index contributed by atoms with van der Waals surface area (Å²) in [5.74, 6) is 0.528. The number of ether oxygens (including phenoxy) is 1. The number of carbonyl (C=O) groups excluding carboxylic acids is 1. The fourth-order valence-corrected chi connectivity index (χ4v) is 3.39. The first-order valence-electron chi connectivity index (χ1n) is 7.62. The van der Waals surface area contributed by atoms with Crippen LogP contribution in [0.25, 0.3) is 10.6 Å². The summed E-state index contributed by atoms with van der Waals surface area (Å²) in [4.78, 5) is 16.6. The molecule has 1 aliphatic rings. The van der Waals surface area contributed by atoms with Crippen LogP contribution in [0.1, 0.15) is 19.8 Å². The summed E-state index contributed by atoms with van der Waals surface area (Å²) in [5, 5.41) is 5.97. The maximum absolute atomic E-state index is 12.4. The van der Waals surface area contributed by atoms with Crippen molar-refractivity contribution >= 4 is 22.9 Å². The van der Waals surface area contributed by atoms with Gasteiger partial charge in [-0.1, -0.05) is 6.92 Å². The zero-order valence-electron chi connectivity index (χ0n) is 12.6. The summed E-state index contributed by atoms with van der Waals surface area (Å²) in [5.41, 5.74) is 1.91. The largest absolute Gasteiger partial charge is 0.381 e. The second kappa shape index (κ2) is 7.03. The number of anilines is 1. The third kappa shape index (κ3) is 3.54. The number of nitrogens with one attached hydrogen (secondary N) is 1. The minimum atomic E-state index is 0.0162. The summed E-state index contributed by atoms with van der Waals surface area (Å²) < 4.78 is 5.36. The van der Waals surface area contributed by atoms with Crippen LogP contribution in [-0.4, -0.2) is 24.1 Å². The molecule has 0 radical (unpaired) electrons. The highest BCUT2D eigenvalue weighted by Crippen LogP contribution is 2.26. The van der Waals surface area contributed by atoms with E-state index < -0.39 is 0 Å². The SMILES string of the molecule is C[C@@H](C(=O)Nc1ccc(-c2nccs2)cc1)C1CCOCC1. The molecule has 2 aromatic rings. The Morgan fingerprint density at radius 2 is 2.05 bits per heavy atom. The van der Waals surface area contributed by atoms with Crippen LogP contribution in [0, 0.1) is 11.8 Å². The predicted molar refractivity (Wildman–Crippen MR) is 88.9 cm³/mol. The van der Waals surface area contributed by atoms with Crippen molar-refractivity contribution in [1.29, 1.82) is 0 Å². The molecule has 5 heteroatoms. The first kappa shape index (κ1) is 15.2. The van der Waals surface area contributed by atoms with E-state index in [0.29, 0.717) is 5.92 Å². The second-order valence-electron chi connectivity index (χ2n) is 5.64. The van der Waals surface area contributed by atoms with Gasteiger partial charge in [0.2, 0.25) is 5.91 Å². The summed E-state index contributed by atoms with van der Waals surface area (Å²) in [6.07, 6.45) is 3.74. The molecule has 1 atom stereocenters. The van der Waals surface area contributed by atoms with Gasteiger partial charge in [0.05, 0.1) is 0 Å². The summed E-state index contributed by atoms with van der Waals surface area (Å²) in [7, 11) is 0. The number of thiazole rings is 1. The van der Waals surface area contributed by atoms with E-state index >= 15 is 0 Å². The van der Waals surface area contributed by atoms with Crippen LogP contribution in [0.5, 0.6) is 0 Å². The average Bonchev–Trinajstić information content (AvgIpc) is 3.10. The van der Waals surface area contributed by atoms with E-state index in [2.05, 4.69) is 10.3 Å². The zero-order chi connectivity index (χ0) is 15.4. The Balaban J connectivity index is 1.61. The van der Waals surface area contributed by atoms with Gasteiger partial charge in [0.15, 0.2) is 0 Å². The number of carbonyl (C=O) groups is 1. The molecule has 1 N–H and O–H groups in total. The first-order valence-corrected chi connectivity index (χ1v) is 8.50. The molecule has 1 fully saturated rings. The van der Waals surface area contributed by atoms with Gasteiger partial charge >= 0.3 is 0 Å². The molecule has 1 aliphatic heterocycles. The van der Waals surface area contributed by atoms with Crippen molar-refractivity contribution in [2.75, 3.05) is 18.5 Å². The number of nitrogens with zero attached hydrogens (tertiary/aromatic N) is 1. The van der Waals surface area contributed by atoms with Crippen molar-refractivity contribution in [3.63, 3.8) is 0 Å². The molecule has 22 heavy (non-hydrogen) atoms. The molecule has 0 bridgehead atoms. The standard InChI is InChI=1S/C17H20N2O2S/c1-12(13-6-9-21-10-7-13)16(20)19-15-4-2-14(3-5-15)17-18-8-11-22-17/h2-5,8,11-13H,6-7,9-10H2,1H3,(H,19,20)/t12-/m1/s1. The summed E-state index contributed by atoms with van der Waals surface area (Å²) in [6, 6.07) is 7.86. The molecule has 2 heterocycles. The van der Waals surface area contributed by atoms with Crippen LogP contribution < -0.4 is 5.32 Å². The van der Waals surface area contributed by atoms with Crippen LogP contribution in [0.4, 0.5) is 5.69 Å². The molecule has 0 unspecified atom stereocenters. The molecule has 0 aliphatic carbocycles. The lowest BCUT2D eigenvalue weighted by molar-refractivity contribution is -0.122. The summed E-state index contributed by atoms with van der Waals surface area (Å²) >= 11 is 1.61. The van der Waals surface area contributed by atoms with E-state index in [-0.39, 0.29) is 11.8 Å². The van der Waals surface area contributed by atoms with Gasteiger partial charge < -0.3 is 10.1 Å². The molecule has 3 rings (SSSR count). The zero-order valence-corrected chi connectivity index (χ0v) is 13.4. The van der Waals surface area contributed by atoms with Crippen LogP contribution in [-0.2, 0) is 9.53 Å². The van der Waals surface area contributed by atoms with E-state index in [1.165, 1.54) is 0 Å². The molecule has 4 nitrogen and oxygen atoms in total.